The summed E-state index contributed by atoms with van der Waals surface area (Å²) in [6.45, 7) is 8.98. The first kappa shape index (κ1) is 30.1. The summed E-state index contributed by atoms with van der Waals surface area (Å²) in [6.07, 6.45) is -0.0875. The number of nitrogens with one attached hydrogen (secondary N) is 2. The van der Waals surface area contributed by atoms with Gasteiger partial charge in [-0.25, -0.2) is 19.2 Å². The summed E-state index contributed by atoms with van der Waals surface area (Å²) in [6, 6.07) is -1.79. The molecule has 190 valence electrons. The maximum absolute atomic E-state index is 12.0. The van der Waals surface area contributed by atoms with Crippen LogP contribution in [0.5, 0.6) is 0 Å². The van der Waals surface area contributed by atoms with Crippen LogP contribution in [-0.4, -0.2) is 93.0 Å². The minimum atomic E-state index is -0.894. The molecule has 0 saturated heterocycles. The number of carbonyl (C=O) groups excluding carboxylic acids is 5. The maximum atomic E-state index is 12.0. The van der Waals surface area contributed by atoms with Crippen molar-refractivity contribution >= 4 is 29.9 Å². The van der Waals surface area contributed by atoms with Gasteiger partial charge in [-0.2, -0.15) is 0 Å². The van der Waals surface area contributed by atoms with Gasteiger partial charge in [0.25, 0.3) is 0 Å². The van der Waals surface area contributed by atoms with E-state index in [1.165, 1.54) is 20.8 Å². The summed E-state index contributed by atoms with van der Waals surface area (Å²) in [7, 11) is 0. The van der Waals surface area contributed by atoms with Crippen molar-refractivity contribution < 1.29 is 42.9 Å². The molecular formula is C21H37N3O9. The van der Waals surface area contributed by atoms with Gasteiger partial charge < -0.3 is 29.6 Å². The van der Waals surface area contributed by atoms with Crippen LogP contribution >= 0.6 is 0 Å². The van der Waals surface area contributed by atoms with Crippen LogP contribution in [0.15, 0.2) is 0 Å². The Morgan fingerprint density at radius 1 is 0.697 bits per heavy atom. The zero-order chi connectivity index (χ0) is 25.2. The zero-order valence-electron chi connectivity index (χ0n) is 20.1. The van der Waals surface area contributed by atoms with Gasteiger partial charge in [-0.1, -0.05) is 13.8 Å². The lowest BCUT2D eigenvalue weighted by Gasteiger charge is -2.22. The van der Waals surface area contributed by atoms with Gasteiger partial charge in [0, 0.05) is 13.1 Å². The van der Waals surface area contributed by atoms with Crippen LogP contribution in [0.4, 0.5) is 9.59 Å². The van der Waals surface area contributed by atoms with Crippen LogP contribution in [0.25, 0.3) is 0 Å². The van der Waals surface area contributed by atoms with Crippen LogP contribution in [0.2, 0.25) is 0 Å². The van der Waals surface area contributed by atoms with Crippen LogP contribution in [0, 0.1) is 0 Å². The standard InChI is InChI=1S/C21H37N3O9/c1-6-10-32-20(28)22-16(4)18(26)30-12-8-24(14-15(3)25)9-13-31-19(27)17(5)23-21(29)33-11-7-2/h16-17H,6-14H2,1-5H3,(H,22,28)(H,23,29). The van der Waals surface area contributed by atoms with E-state index in [-0.39, 0.29) is 51.8 Å². The van der Waals surface area contributed by atoms with Crippen molar-refractivity contribution in [3.63, 3.8) is 0 Å². The monoisotopic (exact) mass is 475 g/mol. The Kier molecular flexibility index (Phi) is 16.1. The van der Waals surface area contributed by atoms with Crippen LogP contribution in [-0.2, 0) is 33.3 Å². The number of hydrogen-bond acceptors (Lipinski definition) is 10. The lowest BCUT2D eigenvalue weighted by atomic mass is 10.3. The number of hydrogen-bond donors (Lipinski definition) is 2. The van der Waals surface area contributed by atoms with Gasteiger partial charge in [0.05, 0.1) is 19.8 Å². The van der Waals surface area contributed by atoms with Gasteiger partial charge in [-0.15, -0.1) is 0 Å². The van der Waals surface area contributed by atoms with E-state index in [0.717, 1.165) is 0 Å². The van der Waals surface area contributed by atoms with Gasteiger partial charge in [-0.05, 0) is 33.6 Å². The number of alkyl carbamates (subject to hydrolysis) is 2. The molecule has 2 amide bonds. The third-order valence-corrected chi connectivity index (χ3v) is 4.00. The Morgan fingerprint density at radius 2 is 1.09 bits per heavy atom. The second-order valence-corrected chi connectivity index (χ2v) is 7.32. The van der Waals surface area contributed by atoms with Gasteiger partial charge in [-0.3, -0.25) is 9.69 Å². The summed E-state index contributed by atoms with van der Waals surface area (Å²) in [4.78, 5) is 60.1. The van der Waals surface area contributed by atoms with Gasteiger partial charge in [0.1, 0.15) is 31.1 Å². The fraction of sp³-hybridized carbons (Fsp3) is 0.762. The largest absolute Gasteiger partial charge is 0.463 e. The number of ketones is 1. The molecule has 0 saturated carbocycles. The summed E-state index contributed by atoms with van der Waals surface area (Å²) in [5.74, 6) is -1.41. The molecule has 0 aromatic carbocycles. The number of nitrogens with zero attached hydrogens (tertiary/aromatic N) is 1. The van der Waals surface area contributed by atoms with Gasteiger partial charge in [0.2, 0.25) is 0 Å². The molecule has 0 aliphatic heterocycles. The number of rotatable bonds is 16. The molecule has 12 nitrogen and oxygen atoms in total. The average Bonchev–Trinajstić information content (AvgIpc) is 2.75. The Balaban J connectivity index is 4.38. The van der Waals surface area contributed by atoms with Crippen molar-refractivity contribution in [2.45, 2.75) is 59.5 Å². The average molecular weight is 476 g/mol. The molecule has 2 N–H and O–H groups in total. The lowest BCUT2D eigenvalue weighted by molar-refractivity contribution is -0.146. The molecule has 0 fully saturated rings. The number of esters is 2. The molecule has 0 spiro atoms. The van der Waals surface area contributed by atoms with Crippen molar-refractivity contribution in [1.82, 2.24) is 15.5 Å². The summed E-state index contributed by atoms with van der Waals surface area (Å²) < 4.78 is 19.9. The summed E-state index contributed by atoms with van der Waals surface area (Å²) >= 11 is 0. The molecule has 0 aromatic rings. The van der Waals surface area contributed by atoms with Crippen molar-refractivity contribution in [2.24, 2.45) is 0 Å². The molecule has 0 heterocycles. The lowest BCUT2D eigenvalue weighted by Crippen LogP contribution is -2.42. The molecule has 12 heteroatoms. The highest BCUT2D eigenvalue weighted by Crippen LogP contribution is 1.96. The number of carbonyl (C=O) groups is 5. The minimum absolute atomic E-state index is 0.0304. The molecule has 0 aliphatic carbocycles. The van der Waals surface area contributed by atoms with E-state index in [1.54, 1.807) is 4.90 Å². The normalized spacial score (nSPS) is 12.3. The highest BCUT2D eigenvalue weighted by atomic mass is 16.6. The Hall–Kier alpha value is -2.89. The van der Waals surface area contributed by atoms with Crippen LogP contribution in [0.1, 0.15) is 47.5 Å². The molecule has 33 heavy (non-hydrogen) atoms. The molecular weight excluding hydrogens is 438 g/mol. The van der Waals surface area contributed by atoms with Crippen molar-refractivity contribution in [1.29, 1.82) is 0 Å². The van der Waals surface area contributed by atoms with E-state index in [2.05, 4.69) is 10.6 Å². The van der Waals surface area contributed by atoms with Crippen molar-refractivity contribution in [3.05, 3.63) is 0 Å². The fourth-order valence-corrected chi connectivity index (χ4v) is 2.33. The molecule has 0 radical (unpaired) electrons. The minimum Gasteiger partial charge on any atom is -0.463 e. The predicted octanol–water partition coefficient (Wildman–Crippen LogP) is 1.01. The van der Waals surface area contributed by atoms with E-state index >= 15 is 0 Å². The first-order valence-corrected chi connectivity index (χ1v) is 11.0. The predicted molar refractivity (Wildman–Crippen MR) is 118 cm³/mol. The molecule has 2 atom stereocenters. The van der Waals surface area contributed by atoms with E-state index < -0.39 is 36.2 Å². The number of amides is 2. The molecule has 0 aliphatic rings. The first-order chi connectivity index (χ1) is 15.6. The van der Waals surface area contributed by atoms with E-state index in [1.807, 2.05) is 13.8 Å². The van der Waals surface area contributed by atoms with Crippen LogP contribution in [0.3, 0.4) is 0 Å². The van der Waals surface area contributed by atoms with Crippen LogP contribution < -0.4 is 10.6 Å². The summed E-state index contributed by atoms with van der Waals surface area (Å²) in [5, 5.41) is 4.73. The Bertz CT molecular complexity index is 596. The molecule has 0 bridgehead atoms. The van der Waals surface area contributed by atoms with Gasteiger partial charge in [0.15, 0.2) is 0 Å². The fourth-order valence-electron chi connectivity index (χ4n) is 2.33. The second kappa shape index (κ2) is 17.6. The van der Waals surface area contributed by atoms with E-state index in [0.29, 0.717) is 12.8 Å². The highest BCUT2D eigenvalue weighted by molar-refractivity contribution is 5.81. The Morgan fingerprint density at radius 3 is 1.42 bits per heavy atom. The molecule has 0 rings (SSSR count). The van der Waals surface area contributed by atoms with E-state index in [4.69, 9.17) is 18.9 Å². The van der Waals surface area contributed by atoms with Crippen molar-refractivity contribution in [2.75, 3.05) is 46.1 Å². The third-order valence-electron chi connectivity index (χ3n) is 4.00. The zero-order valence-corrected chi connectivity index (χ0v) is 20.1. The third kappa shape index (κ3) is 15.5. The summed E-state index contributed by atoms with van der Waals surface area (Å²) in [5.41, 5.74) is 0. The molecule has 0 aromatic heterocycles. The maximum Gasteiger partial charge on any atom is 0.407 e. The first-order valence-electron chi connectivity index (χ1n) is 11.0. The topological polar surface area (TPSA) is 150 Å². The number of ether oxygens (including phenoxy) is 4. The number of Topliss-reactive ketones (excluding diaryl/α,β-unsaturated/α-hetero) is 1. The van der Waals surface area contributed by atoms with Gasteiger partial charge >= 0.3 is 24.1 Å². The molecule has 2 unspecified atom stereocenters. The highest BCUT2D eigenvalue weighted by Gasteiger charge is 2.20. The SMILES string of the molecule is CCCOC(=O)NC(C)C(=O)OCCN(CCOC(=O)C(C)NC(=O)OCCC)CC(C)=O. The smallest absolute Gasteiger partial charge is 0.407 e. The Labute approximate surface area is 194 Å². The quantitative estimate of drug-likeness (QED) is 0.245. The van der Waals surface area contributed by atoms with Crippen molar-refractivity contribution in [3.8, 4) is 0 Å². The van der Waals surface area contributed by atoms with E-state index in [9.17, 15) is 24.0 Å². The second-order valence-electron chi connectivity index (χ2n) is 7.32.